The van der Waals surface area contributed by atoms with Crippen LogP contribution < -0.4 is 9.47 Å². The summed E-state index contributed by atoms with van der Waals surface area (Å²) in [5.41, 5.74) is 1.89. The Hall–Kier alpha value is -2.74. The summed E-state index contributed by atoms with van der Waals surface area (Å²) < 4.78 is 53.7. The van der Waals surface area contributed by atoms with Crippen molar-refractivity contribution in [1.29, 1.82) is 0 Å². The normalized spacial score (nSPS) is 16.9. The number of rotatable bonds is 8. The maximum Gasteiger partial charge on any atom is 0.573 e. The maximum atomic E-state index is 12.6. The zero-order valence-corrected chi connectivity index (χ0v) is 16.6. The van der Waals surface area contributed by atoms with Crippen LogP contribution in [0, 0.1) is 0 Å². The Morgan fingerprint density at radius 3 is 2.47 bits per heavy atom. The van der Waals surface area contributed by atoms with Gasteiger partial charge in [-0.2, -0.15) is 0 Å². The summed E-state index contributed by atoms with van der Waals surface area (Å²) in [6.07, 6.45) is -5.03. The Bertz CT molecular complexity index is 877. The molecule has 0 heterocycles. The highest BCUT2D eigenvalue weighted by atomic mass is 19.4. The second-order valence-corrected chi connectivity index (χ2v) is 7.36. The number of hydrogen-bond donors (Lipinski definition) is 1. The lowest BCUT2D eigenvalue weighted by Gasteiger charge is -2.20. The second kappa shape index (κ2) is 8.95. The molecule has 2 aromatic rings. The zero-order chi connectivity index (χ0) is 21.9. The number of aliphatic carboxylic acids is 1. The summed E-state index contributed by atoms with van der Waals surface area (Å²) in [7, 11) is 0. The van der Waals surface area contributed by atoms with Crippen molar-refractivity contribution in [2.45, 2.75) is 57.8 Å². The number of carboxylic acids is 1. The third kappa shape index (κ3) is 5.66. The monoisotopic (exact) mass is 424 g/mol. The molecule has 0 spiro atoms. The van der Waals surface area contributed by atoms with Crippen LogP contribution in [0.3, 0.4) is 0 Å². The standard InChI is InChI=1S/C22H23F3O5/c1-13(2)28-20(12-21(26)27)14-6-8-15(9-7-14)29-18-11-10-17-16(18)4-3-5-19(17)30-22(23,24)25/h3-9,13,18,20H,10-12H2,1-2H3,(H,26,27)/t18-,20+/m1/s1. The third-order valence-corrected chi connectivity index (χ3v) is 4.73. The molecule has 0 unspecified atom stereocenters. The molecule has 3 rings (SSSR count). The van der Waals surface area contributed by atoms with E-state index < -0.39 is 18.4 Å². The van der Waals surface area contributed by atoms with Gasteiger partial charge in [0.15, 0.2) is 0 Å². The Morgan fingerprint density at radius 2 is 1.87 bits per heavy atom. The van der Waals surface area contributed by atoms with Crippen LogP contribution in [-0.4, -0.2) is 23.5 Å². The Kier molecular flexibility index (Phi) is 6.55. The van der Waals surface area contributed by atoms with E-state index in [1.165, 1.54) is 12.1 Å². The van der Waals surface area contributed by atoms with Crippen LogP contribution in [0.25, 0.3) is 0 Å². The van der Waals surface area contributed by atoms with Crippen molar-refractivity contribution in [1.82, 2.24) is 0 Å². The van der Waals surface area contributed by atoms with E-state index in [2.05, 4.69) is 4.74 Å². The number of halogens is 3. The molecule has 2 aromatic carbocycles. The van der Waals surface area contributed by atoms with Gasteiger partial charge in [0.05, 0.1) is 18.6 Å². The first-order valence-corrected chi connectivity index (χ1v) is 9.64. The van der Waals surface area contributed by atoms with Gasteiger partial charge in [-0.3, -0.25) is 4.79 Å². The Labute approximate surface area is 172 Å². The van der Waals surface area contributed by atoms with Gasteiger partial charge in [-0.1, -0.05) is 24.3 Å². The average molecular weight is 424 g/mol. The van der Waals surface area contributed by atoms with Gasteiger partial charge in [0, 0.05) is 5.56 Å². The summed E-state index contributed by atoms with van der Waals surface area (Å²) in [5, 5.41) is 9.10. The average Bonchev–Trinajstić information content (AvgIpc) is 3.04. The smallest absolute Gasteiger partial charge is 0.486 e. The van der Waals surface area contributed by atoms with Crippen molar-refractivity contribution >= 4 is 5.97 Å². The van der Waals surface area contributed by atoms with Gasteiger partial charge < -0.3 is 19.3 Å². The van der Waals surface area contributed by atoms with Gasteiger partial charge in [-0.15, -0.1) is 13.2 Å². The molecule has 0 amide bonds. The van der Waals surface area contributed by atoms with Gasteiger partial charge in [0.25, 0.3) is 0 Å². The summed E-state index contributed by atoms with van der Waals surface area (Å²) in [6, 6.07) is 11.5. The molecular weight excluding hydrogens is 401 g/mol. The lowest BCUT2D eigenvalue weighted by atomic mass is 10.1. The van der Waals surface area contributed by atoms with Crippen molar-refractivity contribution in [3.63, 3.8) is 0 Å². The van der Waals surface area contributed by atoms with E-state index in [1.807, 2.05) is 13.8 Å². The number of alkyl halides is 3. The van der Waals surface area contributed by atoms with Crippen LogP contribution in [0.1, 0.15) is 55.6 Å². The molecule has 0 aliphatic heterocycles. The number of ether oxygens (including phenoxy) is 3. The highest BCUT2D eigenvalue weighted by molar-refractivity contribution is 5.67. The highest BCUT2D eigenvalue weighted by Gasteiger charge is 2.35. The first-order chi connectivity index (χ1) is 14.1. The first-order valence-electron chi connectivity index (χ1n) is 9.64. The Morgan fingerprint density at radius 1 is 1.17 bits per heavy atom. The number of hydrogen-bond acceptors (Lipinski definition) is 4. The van der Waals surface area contributed by atoms with E-state index in [1.54, 1.807) is 30.3 Å². The van der Waals surface area contributed by atoms with Crippen LogP contribution >= 0.6 is 0 Å². The largest absolute Gasteiger partial charge is 0.573 e. The van der Waals surface area contributed by atoms with Crippen LogP contribution in [0.4, 0.5) is 13.2 Å². The molecule has 5 nitrogen and oxygen atoms in total. The Balaban J connectivity index is 1.73. The lowest BCUT2D eigenvalue weighted by Crippen LogP contribution is -2.18. The summed E-state index contributed by atoms with van der Waals surface area (Å²) >= 11 is 0. The number of benzene rings is 2. The predicted molar refractivity (Wildman–Crippen MR) is 102 cm³/mol. The van der Waals surface area contributed by atoms with Crippen LogP contribution in [-0.2, 0) is 16.0 Å². The van der Waals surface area contributed by atoms with Crippen LogP contribution in [0.15, 0.2) is 42.5 Å². The molecular formula is C22H23F3O5. The second-order valence-electron chi connectivity index (χ2n) is 7.36. The molecule has 0 fully saturated rings. The van der Waals surface area contributed by atoms with Gasteiger partial charge in [0.1, 0.15) is 17.6 Å². The summed E-state index contributed by atoms with van der Waals surface area (Å²) in [6.45, 7) is 3.67. The molecule has 2 atom stereocenters. The fourth-order valence-corrected chi connectivity index (χ4v) is 3.58. The number of carboxylic acid groups (broad SMARTS) is 1. The predicted octanol–water partition coefficient (Wildman–Crippen LogP) is 5.59. The SMILES string of the molecule is CC(C)O[C@@H](CC(=O)O)c1ccc(O[C@@H]2CCc3c(OC(F)(F)F)cccc32)cc1. The van der Waals surface area contributed by atoms with Crippen molar-refractivity contribution < 1.29 is 37.3 Å². The van der Waals surface area contributed by atoms with E-state index >= 15 is 0 Å². The minimum Gasteiger partial charge on any atom is -0.486 e. The lowest BCUT2D eigenvalue weighted by molar-refractivity contribution is -0.274. The van der Waals surface area contributed by atoms with E-state index in [0.717, 1.165) is 0 Å². The fraction of sp³-hybridized carbons (Fsp3) is 0.409. The van der Waals surface area contributed by atoms with Gasteiger partial charge in [-0.25, -0.2) is 0 Å². The van der Waals surface area contributed by atoms with E-state index in [9.17, 15) is 18.0 Å². The minimum absolute atomic E-state index is 0.131. The topological polar surface area (TPSA) is 65.0 Å². The molecule has 162 valence electrons. The fourth-order valence-electron chi connectivity index (χ4n) is 3.58. The molecule has 1 aliphatic rings. The molecule has 1 aliphatic carbocycles. The molecule has 8 heteroatoms. The van der Waals surface area contributed by atoms with E-state index in [4.69, 9.17) is 14.6 Å². The van der Waals surface area contributed by atoms with Crippen molar-refractivity contribution in [2.24, 2.45) is 0 Å². The number of fused-ring (bicyclic) bond motifs is 1. The van der Waals surface area contributed by atoms with E-state index in [-0.39, 0.29) is 24.4 Å². The van der Waals surface area contributed by atoms with Crippen molar-refractivity contribution in [3.05, 3.63) is 59.2 Å². The van der Waals surface area contributed by atoms with E-state index in [0.29, 0.717) is 35.3 Å². The maximum absolute atomic E-state index is 12.6. The van der Waals surface area contributed by atoms with Crippen molar-refractivity contribution in [3.8, 4) is 11.5 Å². The molecule has 0 aromatic heterocycles. The molecule has 0 bridgehead atoms. The van der Waals surface area contributed by atoms with Gasteiger partial charge >= 0.3 is 12.3 Å². The molecule has 0 radical (unpaired) electrons. The summed E-state index contributed by atoms with van der Waals surface area (Å²) in [5.74, 6) is -0.610. The van der Waals surface area contributed by atoms with Crippen molar-refractivity contribution in [2.75, 3.05) is 0 Å². The highest BCUT2D eigenvalue weighted by Crippen LogP contribution is 2.41. The number of carbonyl (C=O) groups is 1. The van der Waals surface area contributed by atoms with Gasteiger partial charge in [-0.05, 0) is 56.0 Å². The molecule has 0 saturated heterocycles. The van der Waals surface area contributed by atoms with Gasteiger partial charge in [0.2, 0.25) is 0 Å². The van der Waals surface area contributed by atoms with Crippen LogP contribution in [0.5, 0.6) is 11.5 Å². The first kappa shape index (κ1) is 22.0. The molecule has 0 saturated carbocycles. The molecule has 1 N–H and O–H groups in total. The quantitative estimate of drug-likeness (QED) is 0.598. The summed E-state index contributed by atoms with van der Waals surface area (Å²) in [4.78, 5) is 11.1. The minimum atomic E-state index is -4.74. The molecule has 30 heavy (non-hydrogen) atoms. The van der Waals surface area contributed by atoms with Crippen LogP contribution in [0.2, 0.25) is 0 Å². The zero-order valence-electron chi connectivity index (χ0n) is 16.6. The third-order valence-electron chi connectivity index (χ3n) is 4.73.